The summed E-state index contributed by atoms with van der Waals surface area (Å²) < 4.78 is 15.0. The van der Waals surface area contributed by atoms with E-state index >= 15 is 0 Å². The lowest BCUT2D eigenvalue weighted by Gasteiger charge is -2.34. The van der Waals surface area contributed by atoms with Crippen molar-refractivity contribution in [2.45, 2.75) is 13.3 Å². The highest BCUT2D eigenvalue weighted by Crippen LogP contribution is 2.28. The van der Waals surface area contributed by atoms with E-state index in [1.165, 1.54) is 12.1 Å². The first-order valence-corrected chi connectivity index (χ1v) is 11.0. The number of pyridine rings is 1. The van der Waals surface area contributed by atoms with Gasteiger partial charge in [-0.05, 0) is 42.8 Å². The van der Waals surface area contributed by atoms with Crippen molar-refractivity contribution in [2.24, 2.45) is 0 Å². The van der Waals surface area contributed by atoms with E-state index in [1.54, 1.807) is 40.5 Å². The summed E-state index contributed by atoms with van der Waals surface area (Å²) in [5, 5.41) is 5.35. The molecule has 158 valence electrons. The van der Waals surface area contributed by atoms with Gasteiger partial charge in [0, 0.05) is 32.4 Å². The average molecular weight is 437 g/mol. The van der Waals surface area contributed by atoms with Crippen molar-refractivity contribution in [3.05, 3.63) is 65.9 Å². The van der Waals surface area contributed by atoms with E-state index in [1.807, 2.05) is 24.0 Å². The fourth-order valence-electron chi connectivity index (χ4n) is 3.86. The monoisotopic (exact) mass is 436 g/mol. The number of nitrogens with zero attached hydrogens (tertiary/aromatic N) is 6. The summed E-state index contributed by atoms with van der Waals surface area (Å²) in [4.78, 5) is 27.3. The fourth-order valence-corrected chi connectivity index (χ4v) is 4.82. The van der Waals surface area contributed by atoms with Crippen LogP contribution in [-0.2, 0) is 6.42 Å². The molecule has 0 radical (unpaired) electrons. The lowest BCUT2D eigenvalue weighted by Crippen LogP contribution is -2.48. The Kier molecular flexibility index (Phi) is 5.11. The zero-order chi connectivity index (χ0) is 21.4. The molecule has 1 fully saturated rings. The van der Waals surface area contributed by atoms with Gasteiger partial charge in [-0.15, -0.1) is 0 Å². The Bertz CT molecular complexity index is 1190. The van der Waals surface area contributed by atoms with Gasteiger partial charge in [0.2, 0.25) is 0 Å². The van der Waals surface area contributed by atoms with Gasteiger partial charge < -0.3 is 9.80 Å². The molecule has 1 aliphatic heterocycles. The Morgan fingerprint density at radius 1 is 1.13 bits per heavy atom. The van der Waals surface area contributed by atoms with Crippen molar-refractivity contribution in [3.63, 3.8) is 0 Å². The third kappa shape index (κ3) is 3.65. The van der Waals surface area contributed by atoms with Crippen LogP contribution in [-0.4, -0.2) is 56.7 Å². The summed E-state index contributed by atoms with van der Waals surface area (Å²) in [6.45, 7) is 4.67. The number of thiazole rings is 1. The van der Waals surface area contributed by atoms with Crippen LogP contribution in [0.2, 0.25) is 0 Å². The lowest BCUT2D eigenvalue weighted by molar-refractivity contribution is 0.0745. The summed E-state index contributed by atoms with van der Waals surface area (Å²) in [7, 11) is 0. The normalized spacial score (nSPS) is 14.4. The molecular weight excluding hydrogens is 415 g/mol. The van der Waals surface area contributed by atoms with Gasteiger partial charge in [0.15, 0.2) is 5.13 Å². The number of anilines is 1. The first-order valence-electron chi connectivity index (χ1n) is 10.2. The number of rotatable bonds is 4. The molecule has 1 amide bonds. The highest BCUT2D eigenvalue weighted by molar-refractivity contribution is 7.21. The molecule has 4 aromatic rings. The number of carbonyl (C=O) groups is 1. The van der Waals surface area contributed by atoms with Crippen molar-refractivity contribution in [3.8, 4) is 5.69 Å². The number of hydrogen-bond donors (Lipinski definition) is 0. The fraction of sp³-hybridized carbons (Fsp3) is 0.273. The molecule has 1 saturated heterocycles. The van der Waals surface area contributed by atoms with E-state index in [9.17, 15) is 9.18 Å². The molecule has 4 heterocycles. The number of carbonyl (C=O) groups excluding carboxylic acids is 1. The molecule has 0 spiro atoms. The van der Waals surface area contributed by atoms with Crippen LogP contribution in [0.4, 0.5) is 9.52 Å². The maximum atomic E-state index is 13.3. The van der Waals surface area contributed by atoms with Crippen LogP contribution >= 0.6 is 11.3 Å². The molecule has 0 N–H and O–H groups in total. The topological polar surface area (TPSA) is 67.2 Å². The summed E-state index contributed by atoms with van der Waals surface area (Å²) in [5.41, 5.74) is 3.08. The maximum Gasteiger partial charge on any atom is 0.257 e. The van der Waals surface area contributed by atoms with Crippen molar-refractivity contribution in [2.75, 3.05) is 31.1 Å². The van der Waals surface area contributed by atoms with E-state index in [4.69, 9.17) is 0 Å². The predicted octanol–water partition coefficient (Wildman–Crippen LogP) is 3.54. The van der Waals surface area contributed by atoms with Crippen molar-refractivity contribution in [1.29, 1.82) is 0 Å². The molecular formula is C22H21FN6OS. The first-order chi connectivity index (χ1) is 15.1. The largest absolute Gasteiger partial charge is 0.344 e. The Hall–Kier alpha value is -3.33. The zero-order valence-electron chi connectivity index (χ0n) is 17.0. The van der Waals surface area contributed by atoms with Crippen molar-refractivity contribution >= 4 is 32.7 Å². The predicted molar refractivity (Wildman–Crippen MR) is 118 cm³/mol. The second-order valence-corrected chi connectivity index (χ2v) is 8.31. The lowest BCUT2D eigenvalue weighted by atomic mass is 10.1. The molecule has 31 heavy (non-hydrogen) atoms. The third-order valence-electron chi connectivity index (χ3n) is 5.50. The molecule has 5 rings (SSSR count). The molecule has 0 unspecified atom stereocenters. The van der Waals surface area contributed by atoms with E-state index in [0.29, 0.717) is 25.1 Å². The number of fused-ring (bicyclic) bond motifs is 1. The van der Waals surface area contributed by atoms with Gasteiger partial charge >= 0.3 is 0 Å². The van der Waals surface area contributed by atoms with Crippen molar-refractivity contribution < 1.29 is 9.18 Å². The summed E-state index contributed by atoms with van der Waals surface area (Å²) in [5.74, 6) is -0.317. The van der Waals surface area contributed by atoms with E-state index < -0.39 is 0 Å². The molecule has 9 heteroatoms. The Morgan fingerprint density at radius 2 is 1.90 bits per heavy atom. The number of amides is 1. The second-order valence-electron chi connectivity index (χ2n) is 7.35. The number of aromatic nitrogens is 4. The van der Waals surface area contributed by atoms with Crippen LogP contribution in [0.25, 0.3) is 16.0 Å². The minimum atomic E-state index is -0.299. The summed E-state index contributed by atoms with van der Waals surface area (Å²) >= 11 is 1.58. The highest BCUT2D eigenvalue weighted by Gasteiger charge is 2.27. The molecule has 0 saturated carbocycles. The summed E-state index contributed by atoms with van der Waals surface area (Å²) in [6.07, 6.45) is 4.05. The van der Waals surface area contributed by atoms with Gasteiger partial charge in [0.05, 0.1) is 23.1 Å². The van der Waals surface area contributed by atoms with Gasteiger partial charge in [-0.1, -0.05) is 18.3 Å². The standard InChI is InChI=1S/C22H21FN6OS/c1-2-19-17(14-25-29(19)16-7-5-15(23)6-8-16)21(30)27-10-12-28(13-11-27)22-26-18-4-3-9-24-20(18)31-22/h3-9,14H,2,10-13H2,1H3. The van der Waals surface area contributed by atoms with Crippen LogP contribution in [0, 0.1) is 5.82 Å². The molecule has 0 aliphatic carbocycles. The minimum Gasteiger partial charge on any atom is -0.344 e. The number of hydrogen-bond acceptors (Lipinski definition) is 6. The van der Waals surface area contributed by atoms with Gasteiger partial charge in [-0.2, -0.15) is 5.10 Å². The van der Waals surface area contributed by atoms with Gasteiger partial charge in [0.1, 0.15) is 16.2 Å². The Morgan fingerprint density at radius 3 is 2.61 bits per heavy atom. The molecule has 1 aliphatic rings. The molecule has 7 nitrogen and oxygen atoms in total. The van der Waals surface area contributed by atoms with Gasteiger partial charge in [-0.25, -0.2) is 19.0 Å². The van der Waals surface area contributed by atoms with Crippen LogP contribution in [0.15, 0.2) is 48.8 Å². The number of benzene rings is 1. The average Bonchev–Trinajstić information content (AvgIpc) is 3.43. The SMILES string of the molecule is CCc1c(C(=O)N2CCN(c3nc4cccnc4s3)CC2)cnn1-c1ccc(F)cc1. The third-order valence-corrected chi connectivity index (χ3v) is 6.54. The van der Waals surface area contributed by atoms with Crippen LogP contribution in [0.1, 0.15) is 23.0 Å². The summed E-state index contributed by atoms with van der Waals surface area (Å²) in [6, 6.07) is 9.99. The molecule has 1 aromatic carbocycles. The number of piperazine rings is 1. The maximum absolute atomic E-state index is 13.3. The quantitative estimate of drug-likeness (QED) is 0.490. The highest BCUT2D eigenvalue weighted by atomic mass is 32.1. The Balaban J connectivity index is 1.32. The molecule has 0 atom stereocenters. The second kappa shape index (κ2) is 8.07. The van der Waals surface area contributed by atoms with Crippen LogP contribution in [0.5, 0.6) is 0 Å². The van der Waals surface area contributed by atoms with Crippen molar-refractivity contribution in [1.82, 2.24) is 24.6 Å². The van der Waals surface area contributed by atoms with E-state index in [0.717, 1.165) is 39.9 Å². The molecule has 0 bridgehead atoms. The van der Waals surface area contributed by atoms with Crippen LogP contribution < -0.4 is 4.90 Å². The van der Waals surface area contributed by atoms with Gasteiger partial charge in [-0.3, -0.25) is 4.79 Å². The number of halogens is 1. The van der Waals surface area contributed by atoms with E-state index in [2.05, 4.69) is 20.0 Å². The first kappa shape index (κ1) is 19.6. The smallest absolute Gasteiger partial charge is 0.257 e. The zero-order valence-corrected chi connectivity index (χ0v) is 17.8. The van der Waals surface area contributed by atoms with Gasteiger partial charge in [0.25, 0.3) is 5.91 Å². The Labute approximate surface area is 182 Å². The minimum absolute atomic E-state index is 0.0178. The van der Waals surface area contributed by atoms with E-state index in [-0.39, 0.29) is 11.7 Å². The van der Waals surface area contributed by atoms with Crippen LogP contribution in [0.3, 0.4) is 0 Å². The molecule has 3 aromatic heterocycles.